The lowest BCUT2D eigenvalue weighted by Gasteiger charge is -2.24. The first-order valence-electron chi connectivity index (χ1n) is 6.33. The molecule has 5 nitrogen and oxygen atoms in total. The minimum atomic E-state index is -0.585. The van der Waals surface area contributed by atoms with Crippen molar-refractivity contribution in [3.8, 4) is 0 Å². The maximum atomic E-state index is 13.0. The predicted octanol–water partition coefficient (Wildman–Crippen LogP) is 2.31. The fourth-order valence-electron chi connectivity index (χ4n) is 1.96. The van der Waals surface area contributed by atoms with Crippen LogP contribution in [0.3, 0.4) is 0 Å². The summed E-state index contributed by atoms with van der Waals surface area (Å²) in [7, 11) is 1.26. The van der Waals surface area contributed by atoms with Gasteiger partial charge in [0.1, 0.15) is 23.0 Å². The number of aromatic nitrogens is 2. The Morgan fingerprint density at radius 3 is 2.43 bits per heavy atom. The van der Waals surface area contributed by atoms with E-state index in [1.807, 2.05) is 13.8 Å². The van der Waals surface area contributed by atoms with Gasteiger partial charge in [-0.1, -0.05) is 12.1 Å². The van der Waals surface area contributed by atoms with E-state index >= 15 is 0 Å². The fourth-order valence-corrected chi connectivity index (χ4v) is 1.96. The Hall–Kier alpha value is -2.50. The molecule has 1 heterocycles. The molecule has 21 heavy (non-hydrogen) atoms. The number of hydrogen-bond acceptors (Lipinski definition) is 5. The number of carbonyl (C=O) groups excluding carboxylic acids is 1. The molecule has 2 N–H and O–H groups in total. The van der Waals surface area contributed by atoms with Crippen LogP contribution < -0.4 is 5.73 Å². The van der Waals surface area contributed by atoms with Gasteiger partial charge in [-0.3, -0.25) is 0 Å². The van der Waals surface area contributed by atoms with Crippen LogP contribution in [0, 0.1) is 5.82 Å². The molecule has 0 fully saturated rings. The summed E-state index contributed by atoms with van der Waals surface area (Å²) in [5, 5.41) is 0. The first kappa shape index (κ1) is 14.9. The number of rotatable bonds is 3. The van der Waals surface area contributed by atoms with Crippen molar-refractivity contribution in [1.82, 2.24) is 9.97 Å². The van der Waals surface area contributed by atoms with Crippen molar-refractivity contribution in [1.29, 1.82) is 0 Å². The molecule has 0 unspecified atom stereocenters. The van der Waals surface area contributed by atoms with Crippen LogP contribution >= 0.6 is 0 Å². The summed E-state index contributed by atoms with van der Waals surface area (Å²) < 4.78 is 17.6. The largest absolute Gasteiger partial charge is 0.465 e. The molecule has 2 aromatic rings. The van der Waals surface area contributed by atoms with Gasteiger partial charge in [0, 0.05) is 11.6 Å². The fraction of sp³-hybridized carbons (Fsp3) is 0.267. The first-order valence-corrected chi connectivity index (χ1v) is 6.33. The molecule has 0 saturated carbocycles. The van der Waals surface area contributed by atoms with E-state index in [0.29, 0.717) is 5.82 Å². The Morgan fingerprint density at radius 2 is 1.90 bits per heavy atom. The zero-order valence-corrected chi connectivity index (χ0v) is 12.1. The van der Waals surface area contributed by atoms with Crippen molar-refractivity contribution >= 4 is 11.8 Å². The SMILES string of the molecule is COC(=O)c1cnc(C(C)(C)c2ccc(F)cc2)nc1N. The molecule has 0 atom stereocenters. The molecule has 0 bridgehead atoms. The second-order valence-corrected chi connectivity index (χ2v) is 5.12. The third-order valence-corrected chi connectivity index (χ3v) is 3.35. The number of nitrogens with two attached hydrogens (primary N) is 1. The number of halogens is 1. The summed E-state index contributed by atoms with van der Waals surface area (Å²) in [4.78, 5) is 19.9. The quantitative estimate of drug-likeness (QED) is 0.877. The van der Waals surface area contributed by atoms with Crippen LogP contribution in [0.2, 0.25) is 0 Å². The van der Waals surface area contributed by atoms with Gasteiger partial charge in [0.2, 0.25) is 0 Å². The number of benzene rings is 1. The van der Waals surface area contributed by atoms with E-state index < -0.39 is 11.4 Å². The Morgan fingerprint density at radius 1 is 1.29 bits per heavy atom. The van der Waals surface area contributed by atoms with Crippen LogP contribution in [-0.4, -0.2) is 23.0 Å². The molecule has 0 saturated heterocycles. The highest BCUT2D eigenvalue weighted by Gasteiger charge is 2.27. The lowest BCUT2D eigenvalue weighted by molar-refractivity contribution is 0.0601. The molecule has 0 spiro atoms. The van der Waals surface area contributed by atoms with Crippen molar-refractivity contribution in [2.75, 3.05) is 12.8 Å². The number of esters is 1. The van der Waals surface area contributed by atoms with Gasteiger partial charge in [0.15, 0.2) is 0 Å². The summed E-state index contributed by atoms with van der Waals surface area (Å²) in [5.41, 5.74) is 6.18. The van der Waals surface area contributed by atoms with Crippen LogP contribution in [0.1, 0.15) is 35.6 Å². The van der Waals surface area contributed by atoms with E-state index in [-0.39, 0.29) is 17.2 Å². The van der Waals surface area contributed by atoms with E-state index in [1.54, 1.807) is 12.1 Å². The molecule has 0 radical (unpaired) electrons. The smallest absolute Gasteiger partial charge is 0.343 e. The molecular formula is C15H16FN3O2. The standard InChI is InChI=1S/C15H16FN3O2/c1-15(2,9-4-6-10(16)7-5-9)14-18-8-11(12(17)19-14)13(20)21-3/h4-8H,1-3H3,(H2,17,18,19). The van der Waals surface area contributed by atoms with Crippen molar-refractivity contribution in [2.24, 2.45) is 0 Å². The number of nitrogen functional groups attached to an aromatic ring is 1. The summed E-state index contributed by atoms with van der Waals surface area (Å²) in [5.74, 6) is -0.393. The predicted molar refractivity (Wildman–Crippen MR) is 76.3 cm³/mol. The number of carbonyl (C=O) groups is 1. The van der Waals surface area contributed by atoms with Crippen LogP contribution in [0.4, 0.5) is 10.2 Å². The van der Waals surface area contributed by atoms with Gasteiger partial charge in [-0.2, -0.15) is 0 Å². The van der Waals surface area contributed by atoms with Crippen molar-refractivity contribution < 1.29 is 13.9 Å². The summed E-state index contributed by atoms with van der Waals surface area (Å²) in [6.45, 7) is 3.79. The lowest BCUT2D eigenvalue weighted by atomic mass is 9.83. The molecule has 0 aliphatic carbocycles. The van der Waals surface area contributed by atoms with Crippen molar-refractivity contribution in [3.05, 3.63) is 53.2 Å². The highest BCUT2D eigenvalue weighted by molar-refractivity contribution is 5.93. The molecule has 110 valence electrons. The number of hydrogen-bond donors (Lipinski definition) is 1. The number of nitrogens with zero attached hydrogens (tertiary/aromatic N) is 2. The third kappa shape index (κ3) is 2.84. The van der Waals surface area contributed by atoms with Crippen molar-refractivity contribution in [3.63, 3.8) is 0 Å². The Kier molecular flexibility index (Phi) is 3.88. The normalized spacial score (nSPS) is 11.2. The first-order chi connectivity index (χ1) is 9.86. The minimum Gasteiger partial charge on any atom is -0.465 e. The van der Waals surface area contributed by atoms with Gasteiger partial charge in [0.25, 0.3) is 0 Å². The van der Waals surface area contributed by atoms with E-state index in [2.05, 4.69) is 14.7 Å². The molecule has 0 aliphatic rings. The average Bonchev–Trinajstić information content (AvgIpc) is 2.46. The second kappa shape index (κ2) is 5.47. The van der Waals surface area contributed by atoms with Crippen LogP contribution in [-0.2, 0) is 10.2 Å². The van der Waals surface area contributed by atoms with Crippen LogP contribution in [0.5, 0.6) is 0 Å². The van der Waals surface area contributed by atoms with Gasteiger partial charge in [-0.05, 0) is 31.5 Å². The van der Waals surface area contributed by atoms with E-state index in [4.69, 9.17) is 5.73 Å². The van der Waals surface area contributed by atoms with E-state index in [0.717, 1.165) is 5.56 Å². The minimum absolute atomic E-state index is 0.0574. The molecule has 6 heteroatoms. The Bertz CT molecular complexity index is 669. The Balaban J connectivity index is 2.43. The molecule has 1 aromatic heterocycles. The number of anilines is 1. The highest BCUT2D eigenvalue weighted by atomic mass is 19.1. The monoisotopic (exact) mass is 289 g/mol. The molecule has 0 amide bonds. The van der Waals surface area contributed by atoms with Crippen LogP contribution in [0.15, 0.2) is 30.5 Å². The number of ether oxygens (including phenoxy) is 1. The summed E-state index contributed by atoms with van der Waals surface area (Å²) in [6.07, 6.45) is 1.34. The topological polar surface area (TPSA) is 78.1 Å². The average molecular weight is 289 g/mol. The van der Waals surface area contributed by atoms with Gasteiger partial charge in [-0.25, -0.2) is 19.2 Å². The van der Waals surface area contributed by atoms with Crippen LogP contribution in [0.25, 0.3) is 0 Å². The highest BCUT2D eigenvalue weighted by Crippen LogP contribution is 2.29. The van der Waals surface area contributed by atoms with Gasteiger partial charge in [-0.15, -0.1) is 0 Å². The molecular weight excluding hydrogens is 273 g/mol. The number of methoxy groups -OCH3 is 1. The van der Waals surface area contributed by atoms with E-state index in [1.165, 1.54) is 25.4 Å². The molecule has 0 aliphatic heterocycles. The zero-order chi connectivity index (χ0) is 15.6. The summed E-state index contributed by atoms with van der Waals surface area (Å²) >= 11 is 0. The zero-order valence-electron chi connectivity index (χ0n) is 12.1. The van der Waals surface area contributed by atoms with Gasteiger partial charge >= 0.3 is 5.97 Å². The van der Waals surface area contributed by atoms with Crippen molar-refractivity contribution in [2.45, 2.75) is 19.3 Å². The maximum absolute atomic E-state index is 13.0. The second-order valence-electron chi connectivity index (χ2n) is 5.12. The van der Waals surface area contributed by atoms with E-state index in [9.17, 15) is 9.18 Å². The Labute approximate surface area is 122 Å². The van der Waals surface area contributed by atoms with Gasteiger partial charge in [0.05, 0.1) is 7.11 Å². The lowest BCUT2D eigenvalue weighted by Crippen LogP contribution is -2.24. The maximum Gasteiger partial charge on any atom is 0.343 e. The molecule has 2 rings (SSSR count). The molecule has 1 aromatic carbocycles. The third-order valence-electron chi connectivity index (χ3n) is 3.35. The van der Waals surface area contributed by atoms with Gasteiger partial charge < -0.3 is 10.5 Å². The summed E-state index contributed by atoms with van der Waals surface area (Å²) in [6, 6.07) is 6.10.